The predicted octanol–water partition coefficient (Wildman–Crippen LogP) is -0.450. The van der Waals surface area contributed by atoms with Crippen LogP contribution in [0.4, 0.5) is 15.5 Å². The average molecular weight is 626 g/mol. The van der Waals surface area contributed by atoms with Gasteiger partial charge in [0.25, 0.3) is 11.8 Å². The number of likely N-dealkylation sites (N-methyl/N-ethyl adjacent to an activating group) is 1. The number of carbonyl (C=O) groups is 3. The second-order valence-electron chi connectivity index (χ2n) is 12.5. The molecule has 1 spiro atoms. The fraction of sp³-hybridized carbons (Fsp3) is 0.679. The zero-order chi connectivity index (χ0) is 31.6. The molecule has 5 rings (SSSR count). The van der Waals surface area contributed by atoms with Crippen LogP contribution in [0.3, 0.4) is 0 Å². The van der Waals surface area contributed by atoms with Crippen molar-refractivity contribution in [1.82, 2.24) is 4.90 Å². The summed E-state index contributed by atoms with van der Waals surface area (Å²) in [5.74, 6) is -2.30. The molecule has 0 saturated carbocycles. The fourth-order valence-electron chi connectivity index (χ4n) is 7.37. The first-order valence-electron chi connectivity index (χ1n) is 14.5. The van der Waals surface area contributed by atoms with E-state index >= 15 is 4.11 Å². The lowest BCUT2D eigenvalue weighted by molar-refractivity contribution is -0.274. The number of hydrogen-bond donors (Lipinski definition) is 6. The number of benzene rings is 1. The van der Waals surface area contributed by atoms with E-state index < -0.39 is 74.1 Å². The first kappa shape index (κ1) is 31.9. The van der Waals surface area contributed by atoms with Gasteiger partial charge in [0.1, 0.15) is 18.3 Å². The predicted molar refractivity (Wildman–Crippen MR) is 152 cm³/mol. The van der Waals surface area contributed by atoms with Crippen molar-refractivity contribution < 1.29 is 53.5 Å². The van der Waals surface area contributed by atoms with E-state index in [0.29, 0.717) is 24.2 Å². The van der Waals surface area contributed by atoms with Crippen LogP contribution in [0.2, 0.25) is 18.6 Å². The zero-order valence-corrected chi connectivity index (χ0v) is 25.5. The molecule has 0 radical (unpaired) electrons. The number of hydrogen-bond acceptors (Lipinski definition) is 10. The van der Waals surface area contributed by atoms with E-state index in [0.717, 1.165) is 6.42 Å². The highest BCUT2D eigenvalue weighted by Crippen LogP contribution is 2.60. The van der Waals surface area contributed by atoms with Crippen LogP contribution < -0.4 is 10.2 Å². The van der Waals surface area contributed by atoms with Crippen LogP contribution in [0.25, 0.3) is 0 Å². The Morgan fingerprint density at radius 1 is 1.16 bits per heavy atom. The summed E-state index contributed by atoms with van der Waals surface area (Å²) in [4.78, 5) is 43.3. The minimum Gasteiger partial charge on any atom is -0.394 e. The number of halogens is 1. The molecule has 0 aliphatic carbocycles. The number of amides is 3. The highest BCUT2D eigenvalue weighted by Gasteiger charge is 2.66. The van der Waals surface area contributed by atoms with Gasteiger partial charge < -0.3 is 54.2 Å². The summed E-state index contributed by atoms with van der Waals surface area (Å²) in [5.41, 5.74) is -1.35. The molecule has 4 aliphatic rings. The lowest BCUT2D eigenvalue weighted by Gasteiger charge is -2.37. The Morgan fingerprint density at radius 3 is 2.51 bits per heavy atom. The van der Waals surface area contributed by atoms with E-state index in [1.165, 1.54) is 30.1 Å². The maximum Gasteiger partial charge on any atom is 0.264 e. The maximum atomic E-state index is 16.0. The fourth-order valence-corrected chi connectivity index (χ4v) is 9.86. The summed E-state index contributed by atoms with van der Waals surface area (Å²) in [6.07, 6.45) is -8.73. The van der Waals surface area contributed by atoms with Gasteiger partial charge in [0.2, 0.25) is 14.3 Å². The number of rotatable bonds is 6. The summed E-state index contributed by atoms with van der Waals surface area (Å²) in [7, 11) is -1.97. The smallest absolute Gasteiger partial charge is 0.264 e. The Bertz CT molecular complexity index is 1280. The number of aliphatic hydroxyl groups excluding tert-OH is 5. The van der Waals surface area contributed by atoms with Crippen LogP contribution in [0, 0.1) is 5.92 Å². The molecule has 3 saturated heterocycles. The van der Waals surface area contributed by atoms with Gasteiger partial charge in [-0.05, 0) is 44.1 Å². The molecule has 0 unspecified atom stereocenters. The highest BCUT2D eigenvalue weighted by molar-refractivity contribution is 6.72. The van der Waals surface area contributed by atoms with Crippen molar-refractivity contribution in [3.63, 3.8) is 0 Å². The summed E-state index contributed by atoms with van der Waals surface area (Å²) in [6.45, 7) is 5.10. The molecule has 10 atom stereocenters. The number of ether oxygens (including phenoxy) is 2. The van der Waals surface area contributed by atoms with Crippen molar-refractivity contribution in [2.45, 2.75) is 93.3 Å². The third-order valence-corrected chi connectivity index (χ3v) is 11.9. The van der Waals surface area contributed by atoms with Crippen molar-refractivity contribution in [3.8, 4) is 0 Å². The lowest BCUT2D eigenvalue weighted by atomic mass is 9.82. The van der Waals surface area contributed by atoms with Crippen LogP contribution in [-0.4, -0.2) is 120 Å². The molecule has 3 fully saturated rings. The van der Waals surface area contributed by atoms with Crippen LogP contribution in [0.5, 0.6) is 0 Å². The minimum absolute atomic E-state index is 0.149. The van der Waals surface area contributed by atoms with Gasteiger partial charge in [-0.3, -0.25) is 14.4 Å². The molecule has 4 aliphatic heterocycles. The van der Waals surface area contributed by atoms with Crippen molar-refractivity contribution >= 4 is 37.5 Å². The number of likely N-dealkylation sites (tertiary alicyclic amines) is 1. The molecule has 15 heteroatoms. The number of aliphatic hydroxyl groups is 5. The van der Waals surface area contributed by atoms with E-state index in [1.54, 1.807) is 24.9 Å². The number of nitrogens with one attached hydrogen (secondary N) is 1. The Hall–Kier alpha value is -2.50. The van der Waals surface area contributed by atoms with Gasteiger partial charge in [-0.25, -0.2) is 0 Å². The summed E-state index contributed by atoms with van der Waals surface area (Å²) in [6, 6.07) is 4.29. The molecule has 0 bridgehead atoms. The molecular formula is C28H40FN3O10Si. The number of carbonyl (C=O) groups excluding carboxylic acids is 3. The third kappa shape index (κ3) is 5.18. The molecule has 1 aromatic carbocycles. The molecule has 0 aromatic heterocycles. The van der Waals surface area contributed by atoms with Crippen LogP contribution >= 0.6 is 0 Å². The van der Waals surface area contributed by atoms with Crippen LogP contribution in [-0.2, 0) is 29.5 Å². The van der Waals surface area contributed by atoms with E-state index in [2.05, 4.69) is 5.32 Å². The average Bonchev–Trinajstić information content (AvgIpc) is 3.60. The van der Waals surface area contributed by atoms with Crippen LogP contribution in [0.1, 0.15) is 31.7 Å². The van der Waals surface area contributed by atoms with Crippen molar-refractivity contribution in [2.24, 2.45) is 5.92 Å². The number of nitrogens with zero attached hydrogens (tertiary/aromatic N) is 2. The lowest BCUT2D eigenvalue weighted by Crippen LogP contribution is -2.60. The SMILES string of the molecule is C[C@@H]1[C@@H]([Si](C)(C)F)[C@H](CC(=O)N2CCC[C@H]2CO)O[C@@]12C(=O)N(C)c1ccc(NC(=O)[C@H]3O[C@@H](O)[C@H](O)[C@@H](O)[C@@H]3O)cc12. The molecular weight excluding hydrogens is 585 g/mol. The second-order valence-corrected chi connectivity index (χ2v) is 16.3. The Labute approximate surface area is 249 Å². The van der Waals surface area contributed by atoms with Crippen molar-refractivity contribution in [1.29, 1.82) is 0 Å². The normalized spacial score (nSPS) is 37.7. The first-order valence-corrected chi connectivity index (χ1v) is 17.5. The molecule has 238 valence electrons. The maximum absolute atomic E-state index is 16.0. The van der Waals surface area contributed by atoms with Gasteiger partial charge in [-0.15, -0.1) is 0 Å². The van der Waals surface area contributed by atoms with Crippen molar-refractivity contribution in [3.05, 3.63) is 23.8 Å². The van der Waals surface area contributed by atoms with Gasteiger partial charge in [0, 0.05) is 36.3 Å². The van der Waals surface area contributed by atoms with Gasteiger partial charge in [-0.2, -0.15) is 0 Å². The Morgan fingerprint density at radius 2 is 1.86 bits per heavy atom. The standard InChI is InChI=1S/C28H40FN3O10Si/c1-13-24(43(3,4)29)18(11-19(34)32-9-5-6-15(32)12-33)42-28(13)16-10-14(7-8-17(16)31(2)27(28)40)30-25(38)23-21(36)20(35)22(37)26(39)41-23/h7-8,10,13,15,18,20-24,26,33,35-37,39H,5-6,9,11-12H2,1-4H3,(H,30,38)/t13-,15+,18+,20+,21+,22-,23+,24-,26-,28+/m1/s1. The molecule has 1 aromatic rings. The monoisotopic (exact) mass is 625 g/mol. The van der Waals surface area contributed by atoms with Gasteiger partial charge in [-0.1, -0.05) is 6.92 Å². The highest BCUT2D eigenvalue weighted by atomic mass is 28.4. The summed E-state index contributed by atoms with van der Waals surface area (Å²) >= 11 is 0. The molecule has 3 amide bonds. The van der Waals surface area contributed by atoms with Gasteiger partial charge in [0.15, 0.2) is 18.0 Å². The quantitative estimate of drug-likeness (QED) is 0.178. The second kappa shape index (κ2) is 11.5. The first-order chi connectivity index (χ1) is 20.1. The van der Waals surface area contributed by atoms with E-state index in [4.69, 9.17) is 9.47 Å². The van der Waals surface area contributed by atoms with Crippen molar-refractivity contribution in [2.75, 3.05) is 30.4 Å². The topological polar surface area (TPSA) is 189 Å². The largest absolute Gasteiger partial charge is 0.394 e. The Kier molecular flexibility index (Phi) is 8.50. The van der Waals surface area contributed by atoms with Gasteiger partial charge in [0.05, 0.1) is 30.9 Å². The molecule has 4 heterocycles. The van der Waals surface area contributed by atoms with E-state index in [1.807, 2.05) is 0 Å². The number of anilines is 2. The summed E-state index contributed by atoms with van der Waals surface area (Å²) < 4.78 is 27.5. The zero-order valence-electron chi connectivity index (χ0n) is 24.5. The van der Waals surface area contributed by atoms with Crippen LogP contribution in [0.15, 0.2) is 18.2 Å². The minimum atomic E-state index is -3.53. The third-order valence-electron chi connectivity index (χ3n) is 9.49. The summed E-state index contributed by atoms with van der Waals surface area (Å²) in [5, 5.41) is 52.1. The van der Waals surface area contributed by atoms with E-state index in [9.17, 15) is 39.9 Å². The Balaban J connectivity index is 1.46. The van der Waals surface area contributed by atoms with Gasteiger partial charge >= 0.3 is 0 Å². The molecule has 13 nitrogen and oxygen atoms in total. The molecule has 43 heavy (non-hydrogen) atoms. The molecule has 6 N–H and O–H groups in total. The van der Waals surface area contributed by atoms with E-state index in [-0.39, 0.29) is 30.7 Å². The number of fused-ring (bicyclic) bond motifs is 2.